The maximum absolute atomic E-state index is 12.5. The van der Waals surface area contributed by atoms with Crippen LogP contribution in [0, 0.1) is 0 Å². The van der Waals surface area contributed by atoms with Gasteiger partial charge >= 0.3 is 0 Å². The minimum Gasteiger partial charge on any atom is -0.339 e. The Labute approximate surface area is 156 Å². The predicted octanol–water partition coefficient (Wildman–Crippen LogP) is 2.01. The molecule has 0 bridgehead atoms. The van der Waals surface area contributed by atoms with Crippen molar-refractivity contribution in [2.24, 2.45) is 0 Å². The second kappa shape index (κ2) is 8.49. The molecule has 2 N–H and O–H groups in total. The summed E-state index contributed by atoms with van der Waals surface area (Å²) < 4.78 is 27.2. The summed E-state index contributed by atoms with van der Waals surface area (Å²) in [6.07, 6.45) is 1.87. The summed E-state index contributed by atoms with van der Waals surface area (Å²) in [7, 11) is -1.64. The molecule has 0 saturated carbocycles. The number of carbonyl (C=O) groups excluding carboxylic acids is 1. The maximum atomic E-state index is 12.5. The number of likely N-dealkylation sites (tertiary alicyclic amines) is 1. The predicted molar refractivity (Wildman–Crippen MR) is 102 cm³/mol. The number of benzene rings is 1. The van der Waals surface area contributed by atoms with E-state index >= 15 is 0 Å². The van der Waals surface area contributed by atoms with Crippen molar-refractivity contribution in [2.45, 2.75) is 50.1 Å². The lowest BCUT2D eigenvalue weighted by Gasteiger charge is -2.31. The fourth-order valence-electron chi connectivity index (χ4n) is 2.79. The van der Waals surface area contributed by atoms with E-state index in [2.05, 4.69) is 10.0 Å². The van der Waals surface area contributed by atoms with Crippen molar-refractivity contribution in [1.29, 1.82) is 0 Å². The van der Waals surface area contributed by atoms with Crippen LogP contribution in [0.2, 0.25) is 0 Å². The molecule has 0 atom stereocenters. The van der Waals surface area contributed by atoms with Gasteiger partial charge in [0.2, 0.25) is 10.0 Å². The van der Waals surface area contributed by atoms with Crippen molar-refractivity contribution in [2.75, 3.05) is 20.1 Å². The molecule has 1 aromatic rings. The normalized spacial score (nSPS) is 16.4. The molecule has 1 aromatic carbocycles. The summed E-state index contributed by atoms with van der Waals surface area (Å²) in [5.41, 5.74) is -0.0297. The van der Waals surface area contributed by atoms with Crippen LogP contribution in [0.1, 0.15) is 44.0 Å². The average Bonchev–Trinajstić information content (AvgIpc) is 2.52. The van der Waals surface area contributed by atoms with E-state index in [4.69, 9.17) is 0 Å². The van der Waals surface area contributed by atoms with E-state index < -0.39 is 15.6 Å². The minimum absolute atomic E-state index is 0. The van der Waals surface area contributed by atoms with Gasteiger partial charge in [0.1, 0.15) is 0 Å². The Morgan fingerprint density at radius 1 is 1.12 bits per heavy atom. The third-order valence-electron chi connectivity index (χ3n) is 4.04. The van der Waals surface area contributed by atoms with Gasteiger partial charge in [-0.15, -0.1) is 12.4 Å². The van der Waals surface area contributed by atoms with Crippen LogP contribution in [0.4, 0.5) is 0 Å². The monoisotopic (exact) mass is 389 g/mol. The van der Waals surface area contributed by atoms with Gasteiger partial charge in [0.05, 0.1) is 4.90 Å². The van der Waals surface area contributed by atoms with Crippen molar-refractivity contribution in [3.05, 3.63) is 29.8 Å². The summed E-state index contributed by atoms with van der Waals surface area (Å²) in [6.45, 7) is 6.80. The lowest BCUT2D eigenvalue weighted by molar-refractivity contribution is 0.0707. The molecule has 6 nitrogen and oxygen atoms in total. The lowest BCUT2D eigenvalue weighted by Crippen LogP contribution is -2.44. The number of hydrogen-bond donors (Lipinski definition) is 2. The SMILES string of the molecule is CNC1CCN(C(=O)c2ccc(S(=O)(=O)NC(C)(C)C)cc2)CC1.Cl. The number of piperidine rings is 1. The van der Waals surface area contributed by atoms with E-state index in [1.54, 1.807) is 32.9 Å². The van der Waals surface area contributed by atoms with E-state index in [1.165, 1.54) is 12.1 Å². The number of nitrogens with zero attached hydrogens (tertiary/aromatic N) is 1. The van der Waals surface area contributed by atoms with Crippen LogP contribution in [0.3, 0.4) is 0 Å². The van der Waals surface area contributed by atoms with Gasteiger partial charge in [-0.05, 0) is 64.9 Å². The Morgan fingerprint density at radius 2 is 1.64 bits per heavy atom. The van der Waals surface area contributed by atoms with E-state index in [0.717, 1.165) is 25.9 Å². The molecule has 142 valence electrons. The molecule has 1 aliphatic rings. The molecule has 1 fully saturated rings. The molecule has 0 unspecified atom stereocenters. The molecule has 0 aliphatic carbocycles. The molecular weight excluding hydrogens is 362 g/mol. The molecule has 0 aromatic heterocycles. The fourth-order valence-corrected chi connectivity index (χ4v) is 4.21. The average molecular weight is 390 g/mol. The number of hydrogen-bond acceptors (Lipinski definition) is 4. The van der Waals surface area contributed by atoms with Crippen LogP contribution >= 0.6 is 12.4 Å². The molecule has 1 aliphatic heterocycles. The van der Waals surface area contributed by atoms with Gasteiger partial charge < -0.3 is 10.2 Å². The summed E-state index contributed by atoms with van der Waals surface area (Å²) >= 11 is 0. The molecule has 1 heterocycles. The summed E-state index contributed by atoms with van der Waals surface area (Å²) in [5.74, 6) is -0.0442. The number of nitrogens with one attached hydrogen (secondary N) is 2. The zero-order chi connectivity index (χ0) is 18.0. The van der Waals surface area contributed by atoms with E-state index in [9.17, 15) is 13.2 Å². The maximum Gasteiger partial charge on any atom is 0.253 e. The Morgan fingerprint density at radius 3 is 2.08 bits per heavy atom. The van der Waals surface area contributed by atoms with E-state index in [-0.39, 0.29) is 23.2 Å². The fraction of sp³-hybridized carbons (Fsp3) is 0.588. The van der Waals surface area contributed by atoms with Gasteiger partial charge in [-0.2, -0.15) is 0 Å². The highest BCUT2D eigenvalue weighted by Gasteiger charge is 2.24. The Kier molecular flexibility index (Phi) is 7.43. The Bertz CT molecular complexity index is 676. The summed E-state index contributed by atoms with van der Waals surface area (Å²) in [5, 5.41) is 3.23. The number of sulfonamides is 1. The second-order valence-electron chi connectivity index (χ2n) is 7.24. The first-order valence-corrected chi connectivity index (χ1v) is 9.71. The number of carbonyl (C=O) groups is 1. The largest absolute Gasteiger partial charge is 0.339 e. The zero-order valence-corrected chi connectivity index (χ0v) is 16.8. The highest BCUT2D eigenvalue weighted by Crippen LogP contribution is 2.17. The van der Waals surface area contributed by atoms with Crippen molar-refractivity contribution in [1.82, 2.24) is 14.9 Å². The van der Waals surface area contributed by atoms with Crippen molar-refractivity contribution in [3.8, 4) is 0 Å². The molecule has 0 spiro atoms. The molecule has 1 amide bonds. The van der Waals surface area contributed by atoms with Crippen LogP contribution in [-0.2, 0) is 10.0 Å². The Balaban J connectivity index is 0.00000312. The lowest BCUT2D eigenvalue weighted by atomic mass is 10.0. The van der Waals surface area contributed by atoms with Crippen LogP contribution in [0.15, 0.2) is 29.2 Å². The molecule has 8 heteroatoms. The molecular formula is C17H28ClN3O3S. The topological polar surface area (TPSA) is 78.5 Å². The third-order valence-corrected chi connectivity index (χ3v) is 5.82. The van der Waals surface area contributed by atoms with Crippen LogP contribution in [0.5, 0.6) is 0 Å². The van der Waals surface area contributed by atoms with Crippen LogP contribution in [-0.4, -0.2) is 50.9 Å². The van der Waals surface area contributed by atoms with E-state index in [0.29, 0.717) is 11.6 Å². The first-order valence-electron chi connectivity index (χ1n) is 8.23. The van der Waals surface area contributed by atoms with Crippen LogP contribution < -0.4 is 10.0 Å². The van der Waals surface area contributed by atoms with Gasteiger partial charge in [0, 0.05) is 30.2 Å². The molecule has 2 rings (SSSR count). The van der Waals surface area contributed by atoms with Crippen molar-refractivity contribution >= 4 is 28.3 Å². The van der Waals surface area contributed by atoms with Gasteiger partial charge in [-0.3, -0.25) is 4.79 Å². The van der Waals surface area contributed by atoms with E-state index in [1.807, 2.05) is 11.9 Å². The molecule has 1 saturated heterocycles. The van der Waals surface area contributed by atoms with Crippen LogP contribution in [0.25, 0.3) is 0 Å². The van der Waals surface area contributed by atoms with Crippen molar-refractivity contribution in [3.63, 3.8) is 0 Å². The highest BCUT2D eigenvalue weighted by molar-refractivity contribution is 7.89. The first-order chi connectivity index (χ1) is 11.1. The van der Waals surface area contributed by atoms with Gasteiger partial charge in [-0.1, -0.05) is 0 Å². The standard InChI is InChI=1S/C17H27N3O3S.ClH/c1-17(2,3)19-24(22,23)15-7-5-13(6-8-15)16(21)20-11-9-14(18-4)10-12-20;/h5-8,14,18-19H,9-12H2,1-4H3;1H. The smallest absolute Gasteiger partial charge is 0.253 e. The Hall–Kier alpha value is -1.15. The number of amides is 1. The second-order valence-corrected chi connectivity index (χ2v) is 8.92. The molecule has 25 heavy (non-hydrogen) atoms. The minimum atomic E-state index is -3.58. The summed E-state index contributed by atoms with van der Waals surface area (Å²) in [6, 6.07) is 6.61. The van der Waals surface area contributed by atoms with Gasteiger partial charge in [-0.25, -0.2) is 13.1 Å². The first kappa shape index (κ1) is 21.9. The number of halogens is 1. The third kappa shape index (κ3) is 5.95. The van der Waals surface area contributed by atoms with Crippen molar-refractivity contribution < 1.29 is 13.2 Å². The van der Waals surface area contributed by atoms with Gasteiger partial charge in [0.25, 0.3) is 5.91 Å². The quantitative estimate of drug-likeness (QED) is 0.825. The number of rotatable bonds is 4. The summed E-state index contributed by atoms with van der Waals surface area (Å²) in [4.78, 5) is 14.5. The zero-order valence-electron chi connectivity index (χ0n) is 15.2. The molecule has 0 radical (unpaired) electrons. The van der Waals surface area contributed by atoms with Gasteiger partial charge in [0.15, 0.2) is 0 Å². The highest BCUT2D eigenvalue weighted by atomic mass is 35.5.